The molecular formula is C26H25N3O6. The largest absolute Gasteiger partial charge is 0.504 e. The molecule has 0 saturated heterocycles. The molecule has 9 nitrogen and oxygen atoms in total. The summed E-state index contributed by atoms with van der Waals surface area (Å²) in [6, 6.07) is 13.5. The number of phenols is 2. The lowest BCUT2D eigenvalue weighted by atomic mass is 9.84. The summed E-state index contributed by atoms with van der Waals surface area (Å²) in [6.45, 7) is 2.09. The topological polar surface area (TPSA) is 140 Å². The van der Waals surface area contributed by atoms with Crippen LogP contribution < -0.4 is 25.5 Å². The first kappa shape index (κ1) is 23.6. The number of allylic oxidation sites excluding steroid dienone is 1. The summed E-state index contributed by atoms with van der Waals surface area (Å²) in [4.78, 5) is 13.8. The molecule has 4 N–H and O–H groups in total. The number of hydrogen-bond donors (Lipinski definition) is 3. The van der Waals surface area contributed by atoms with E-state index < -0.39 is 5.92 Å². The Morgan fingerprint density at radius 3 is 2.49 bits per heavy atom. The Morgan fingerprint density at radius 1 is 1.09 bits per heavy atom. The lowest BCUT2D eigenvalue weighted by molar-refractivity contribution is 0.354. The number of aryl methyl sites for hydroxylation is 2. The fraction of sp³-hybridized carbons (Fsp3) is 0.231. The number of pyridine rings is 1. The molecule has 3 aromatic rings. The van der Waals surface area contributed by atoms with E-state index in [0.717, 1.165) is 5.56 Å². The van der Waals surface area contributed by atoms with Gasteiger partial charge in [0, 0.05) is 18.3 Å². The number of fused-ring (bicyclic) bond motifs is 1. The van der Waals surface area contributed by atoms with Gasteiger partial charge in [-0.3, -0.25) is 4.79 Å². The van der Waals surface area contributed by atoms with Crippen LogP contribution in [0.25, 0.3) is 0 Å². The molecule has 1 aliphatic heterocycles. The first-order chi connectivity index (χ1) is 16.8. The second-order valence-electron chi connectivity index (χ2n) is 8.13. The fourth-order valence-corrected chi connectivity index (χ4v) is 4.30. The van der Waals surface area contributed by atoms with Crippen LogP contribution in [-0.2, 0) is 13.0 Å². The van der Waals surface area contributed by atoms with Gasteiger partial charge in [0.05, 0.1) is 25.7 Å². The van der Waals surface area contributed by atoms with Crippen LogP contribution in [-0.4, -0.2) is 29.0 Å². The summed E-state index contributed by atoms with van der Waals surface area (Å²) < 4.78 is 18.0. The summed E-state index contributed by atoms with van der Waals surface area (Å²) in [7, 11) is 3.03. The molecule has 0 radical (unpaired) electrons. The highest BCUT2D eigenvalue weighted by Crippen LogP contribution is 2.42. The minimum Gasteiger partial charge on any atom is -0.504 e. The summed E-state index contributed by atoms with van der Waals surface area (Å²) >= 11 is 0. The summed E-state index contributed by atoms with van der Waals surface area (Å²) in [5.41, 5.74) is 8.21. The minimum atomic E-state index is -0.763. The van der Waals surface area contributed by atoms with Crippen LogP contribution in [0.5, 0.6) is 28.7 Å². The van der Waals surface area contributed by atoms with Crippen LogP contribution >= 0.6 is 0 Å². The van der Waals surface area contributed by atoms with Gasteiger partial charge in [0.1, 0.15) is 17.4 Å². The van der Waals surface area contributed by atoms with E-state index in [2.05, 4.69) is 6.07 Å². The highest BCUT2D eigenvalue weighted by molar-refractivity contribution is 5.57. The Hall–Kier alpha value is -4.58. The molecule has 1 atom stereocenters. The van der Waals surface area contributed by atoms with Crippen molar-refractivity contribution in [1.29, 1.82) is 5.26 Å². The third kappa shape index (κ3) is 4.22. The van der Waals surface area contributed by atoms with Crippen molar-refractivity contribution in [2.75, 3.05) is 14.2 Å². The molecule has 0 fully saturated rings. The molecule has 1 unspecified atom stereocenters. The minimum absolute atomic E-state index is 0.0593. The van der Waals surface area contributed by atoms with E-state index in [1.54, 1.807) is 41.8 Å². The van der Waals surface area contributed by atoms with Gasteiger partial charge >= 0.3 is 0 Å². The van der Waals surface area contributed by atoms with Crippen molar-refractivity contribution >= 4 is 0 Å². The molecule has 1 aromatic heterocycles. The van der Waals surface area contributed by atoms with E-state index in [4.69, 9.17) is 19.9 Å². The van der Waals surface area contributed by atoms with Gasteiger partial charge in [-0.25, -0.2) is 0 Å². The Kier molecular flexibility index (Phi) is 6.30. The number of methoxy groups -OCH3 is 2. The quantitative estimate of drug-likeness (QED) is 0.462. The van der Waals surface area contributed by atoms with E-state index in [1.807, 2.05) is 0 Å². The first-order valence-electron chi connectivity index (χ1n) is 10.8. The monoisotopic (exact) mass is 475 g/mol. The molecule has 0 aliphatic carbocycles. The molecule has 2 heterocycles. The number of aromatic hydroxyl groups is 2. The van der Waals surface area contributed by atoms with Gasteiger partial charge in [-0.1, -0.05) is 12.1 Å². The van der Waals surface area contributed by atoms with Crippen LogP contribution in [0.15, 0.2) is 58.7 Å². The highest BCUT2D eigenvalue weighted by atomic mass is 16.5. The van der Waals surface area contributed by atoms with Gasteiger partial charge in [-0.2, -0.15) is 5.26 Å². The Morgan fingerprint density at radius 2 is 1.83 bits per heavy atom. The second-order valence-corrected chi connectivity index (χ2v) is 8.13. The van der Waals surface area contributed by atoms with Crippen molar-refractivity contribution in [2.24, 2.45) is 5.73 Å². The van der Waals surface area contributed by atoms with Crippen LogP contribution in [0.4, 0.5) is 0 Å². The van der Waals surface area contributed by atoms with Crippen molar-refractivity contribution in [1.82, 2.24) is 4.57 Å². The first-order valence-corrected chi connectivity index (χ1v) is 10.8. The molecule has 9 heteroatoms. The number of rotatable bonds is 6. The maximum absolute atomic E-state index is 13.8. The normalized spacial score (nSPS) is 14.6. The SMILES string of the molecule is COc1ccc(C2C(C#N)=C(N)Oc3cc(C)n(CCc4ccc(O)c(O)c4)c(=O)c32)cc1OC. The number of nitrogens with zero attached hydrogens (tertiary/aromatic N) is 2. The van der Waals surface area contributed by atoms with Gasteiger partial charge in [0.2, 0.25) is 5.88 Å². The molecule has 0 spiro atoms. The van der Waals surface area contributed by atoms with Crippen LogP contribution in [0.3, 0.4) is 0 Å². The van der Waals surface area contributed by atoms with Gasteiger partial charge in [0.15, 0.2) is 23.0 Å². The molecule has 2 aromatic carbocycles. The van der Waals surface area contributed by atoms with Crippen LogP contribution in [0.2, 0.25) is 0 Å². The number of benzene rings is 2. The zero-order valence-electron chi connectivity index (χ0n) is 19.5. The lowest BCUT2D eigenvalue weighted by Crippen LogP contribution is -2.33. The molecule has 35 heavy (non-hydrogen) atoms. The Labute approximate surface area is 201 Å². The molecule has 4 rings (SSSR count). The number of aromatic nitrogens is 1. The number of ether oxygens (including phenoxy) is 3. The van der Waals surface area contributed by atoms with Crippen LogP contribution in [0, 0.1) is 18.3 Å². The average Bonchev–Trinajstić information content (AvgIpc) is 2.84. The van der Waals surface area contributed by atoms with E-state index in [0.29, 0.717) is 47.0 Å². The number of hydrogen-bond acceptors (Lipinski definition) is 8. The predicted molar refractivity (Wildman–Crippen MR) is 128 cm³/mol. The molecule has 0 saturated carbocycles. The van der Waals surface area contributed by atoms with E-state index in [1.165, 1.54) is 26.4 Å². The third-order valence-corrected chi connectivity index (χ3v) is 6.09. The maximum atomic E-state index is 13.8. The van der Waals surface area contributed by atoms with Crippen molar-refractivity contribution < 1.29 is 24.4 Å². The Balaban J connectivity index is 1.82. The van der Waals surface area contributed by atoms with Gasteiger partial charge in [-0.05, 0) is 48.7 Å². The number of nitrogens with two attached hydrogens (primary N) is 1. The van der Waals surface area contributed by atoms with Crippen molar-refractivity contribution in [2.45, 2.75) is 25.8 Å². The molecule has 1 aliphatic rings. The maximum Gasteiger partial charge on any atom is 0.258 e. The number of phenolic OH excluding ortho intramolecular Hbond substituents is 2. The second kappa shape index (κ2) is 9.35. The van der Waals surface area contributed by atoms with Gasteiger partial charge in [0.25, 0.3) is 5.56 Å². The molecular weight excluding hydrogens is 450 g/mol. The highest BCUT2D eigenvalue weighted by Gasteiger charge is 2.34. The van der Waals surface area contributed by atoms with E-state index >= 15 is 0 Å². The number of nitriles is 1. The standard InChI is InChI=1S/C26H25N3O6/c1-14-10-22-24(26(32)29(14)9-8-15-4-6-18(30)19(31)11-15)23(17(13-27)25(28)35-22)16-5-7-20(33-2)21(12-16)34-3/h4-7,10-12,23,30-31H,8-9,28H2,1-3H3. The molecule has 180 valence electrons. The van der Waals surface area contributed by atoms with Gasteiger partial charge < -0.3 is 34.7 Å². The van der Waals surface area contributed by atoms with Crippen molar-refractivity contribution in [3.63, 3.8) is 0 Å². The summed E-state index contributed by atoms with van der Waals surface area (Å²) in [5.74, 6) is 0.00201. The smallest absolute Gasteiger partial charge is 0.258 e. The Bertz CT molecular complexity index is 1430. The lowest BCUT2D eigenvalue weighted by Gasteiger charge is -2.27. The zero-order chi connectivity index (χ0) is 25.3. The summed E-state index contributed by atoms with van der Waals surface area (Å²) in [6.07, 6.45) is 0.429. The van der Waals surface area contributed by atoms with Crippen molar-refractivity contribution in [3.05, 3.63) is 86.7 Å². The van der Waals surface area contributed by atoms with Crippen LogP contribution in [0.1, 0.15) is 28.3 Å². The molecule has 0 amide bonds. The van der Waals surface area contributed by atoms with E-state index in [9.17, 15) is 20.3 Å². The predicted octanol–water partition coefficient (Wildman–Crippen LogP) is 3.05. The average molecular weight is 476 g/mol. The summed E-state index contributed by atoms with van der Waals surface area (Å²) in [5, 5.41) is 29.2. The fourth-order valence-electron chi connectivity index (χ4n) is 4.30. The van der Waals surface area contributed by atoms with Gasteiger partial charge in [-0.15, -0.1) is 0 Å². The third-order valence-electron chi connectivity index (χ3n) is 6.09. The van der Waals surface area contributed by atoms with E-state index in [-0.39, 0.29) is 28.5 Å². The zero-order valence-corrected chi connectivity index (χ0v) is 19.5. The van der Waals surface area contributed by atoms with Crippen molar-refractivity contribution in [3.8, 4) is 34.8 Å². The molecule has 0 bridgehead atoms.